The fourth-order valence-electron chi connectivity index (χ4n) is 5.03. The molecular formula is C27H37N3O3S. The topological polar surface area (TPSA) is 69.7 Å². The van der Waals surface area contributed by atoms with Gasteiger partial charge < -0.3 is 10.2 Å². The van der Waals surface area contributed by atoms with E-state index in [-0.39, 0.29) is 17.9 Å². The highest BCUT2D eigenvalue weighted by Crippen LogP contribution is 2.27. The maximum Gasteiger partial charge on any atom is 0.243 e. The number of hydrogen-bond acceptors (Lipinski definition) is 4. The molecule has 2 heterocycles. The van der Waals surface area contributed by atoms with Crippen molar-refractivity contribution in [1.82, 2.24) is 9.62 Å². The molecule has 0 spiro atoms. The Morgan fingerprint density at radius 2 is 1.62 bits per heavy atom. The van der Waals surface area contributed by atoms with Crippen molar-refractivity contribution in [3.05, 3.63) is 59.7 Å². The standard InChI is InChI=1S/C27H37N3O3S/c1-20-6-12-26(13-7-20)34(32,33)30-17-14-24(15-18-30)27(31)28-22(3)23-8-10-25(11-9-23)29-16-4-5-21(2)19-29/h6-13,21-22,24H,4-5,14-19H2,1-3H3,(H,28,31)/t21-,22+/m1/s1. The minimum Gasteiger partial charge on any atom is -0.371 e. The van der Waals surface area contributed by atoms with Gasteiger partial charge in [-0.2, -0.15) is 4.31 Å². The lowest BCUT2D eigenvalue weighted by molar-refractivity contribution is -0.126. The summed E-state index contributed by atoms with van der Waals surface area (Å²) in [7, 11) is -3.51. The predicted octanol–water partition coefficient (Wildman–Crippen LogP) is 4.51. The van der Waals surface area contributed by atoms with Crippen LogP contribution in [0, 0.1) is 18.8 Å². The Morgan fingerprint density at radius 3 is 2.24 bits per heavy atom. The van der Waals surface area contributed by atoms with E-state index in [9.17, 15) is 13.2 Å². The van der Waals surface area contributed by atoms with E-state index in [1.54, 1.807) is 12.1 Å². The van der Waals surface area contributed by atoms with Crippen molar-refractivity contribution in [2.24, 2.45) is 11.8 Å². The highest BCUT2D eigenvalue weighted by Gasteiger charge is 2.32. The molecule has 0 aromatic heterocycles. The molecule has 0 radical (unpaired) electrons. The zero-order valence-electron chi connectivity index (χ0n) is 20.5. The van der Waals surface area contributed by atoms with E-state index in [4.69, 9.17) is 0 Å². The molecule has 2 aliphatic heterocycles. The monoisotopic (exact) mass is 483 g/mol. The fraction of sp³-hybridized carbons (Fsp3) is 0.519. The van der Waals surface area contributed by atoms with Gasteiger partial charge in [-0.3, -0.25) is 4.79 Å². The summed E-state index contributed by atoms with van der Waals surface area (Å²) in [5.74, 6) is 0.569. The van der Waals surface area contributed by atoms with Gasteiger partial charge in [-0.15, -0.1) is 0 Å². The molecule has 7 heteroatoms. The summed E-state index contributed by atoms with van der Waals surface area (Å²) in [6, 6.07) is 15.4. The highest BCUT2D eigenvalue weighted by atomic mass is 32.2. The first-order chi connectivity index (χ1) is 16.2. The number of nitrogens with one attached hydrogen (secondary N) is 1. The first kappa shape index (κ1) is 24.7. The van der Waals surface area contributed by atoms with Crippen LogP contribution in [0.4, 0.5) is 5.69 Å². The Hall–Kier alpha value is -2.38. The van der Waals surface area contributed by atoms with Crippen LogP contribution in [-0.2, 0) is 14.8 Å². The molecule has 2 aromatic carbocycles. The van der Waals surface area contributed by atoms with Gasteiger partial charge in [-0.05, 0) is 75.3 Å². The summed E-state index contributed by atoms with van der Waals surface area (Å²) in [5.41, 5.74) is 3.36. The van der Waals surface area contributed by atoms with Crippen LogP contribution in [-0.4, -0.2) is 44.8 Å². The Bertz CT molecular complexity index is 1080. The molecular weight excluding hydrogens is 446 g/mol. The molecule has 1 amide bonds. The van der Waals surface area contributed by atoms with Crippen molar-refractivity contribution in [3.63, 3.8) is 0 Å². The van der Waals surface area contributed by atoms with Gasteiger partial charge in [0.2, 0.25) is 15.9 Å². The predicted molar refractivity (Wildman–Crippen MR) is 136 cm³/mol. The van der Waals surface area contributed by atoms with E-state index < -0.39 is 10.0 Å². The Morgan fingerprint density at radius 1 is 0.971 bits per heavy atom. The third kappa shape index (κ3) is 5.63. The maximum absolute atomic E-state index is 12.9. The van der Waals surface area contributed by atoms with Crippen LogP contribution >= 0.6 is 0 Å². The SMILES string of the molecule is Cc1ccc(S(=O)(=O)N2CCC(C(=O)N[C@@H](C)c3ccc(N4CCC[C@@H](C)C4)cc3)CC2)cc1. The summed E-state index contributed by atoms with van der Waals surface area (Å²) in [6.07, 6.45) is 3.61. The Labute approximate surface area is 204 Å². The second kappa shape index (κ2) is 10.5. The molecule has 2 fully saturated rings. The summed E-state index contributed by atoms with van der Waals surface area (Å²) >= 11 is 0. The van der Waals surface area contributed by atoms with Crippen molar-refractivity contribution in [2.75, 3.05) is 31.1 Å². The molecule has 0 bridgehead atoms. The summed E-state index contributed by atoms with van der Waals surface area (Å²) in [5, 5.41) is 3.14. The largest absolute Gasteiger partial charge is 0.371 e. The van der Waals surface area contributed by atoms with Crippen LogP contribution in [0.1, 0.15) is 56.7 Å². The lowest BCUT2D eigenvalue weighted by Gasteiger charge is -2.33. The van der Waals surface area contributed by atoms with Crippen molar-refractivity contribution in [2.45, 2.75) is 57.4 Å². The normalized spacial score (nSPS) is 21.3. The van der Waals surface area contributed by atoms with E-state index in [1.165, 1.54) is 22.8 Å². The number of amides is 1. The van der Waals surface area contributed by atoms with E-state index in [2.05, 4.69) is 41.4 Å². The van der Waals surface area contributed by atoms with Crippen molar-refractivity contribution in [3.8, 4) is 0 Å². The van der Waals surface area contributed by atoms with Gasteiger partial charge >= 0.3 is 0 Å². The molecule has 1 N–H and O–H groups in total. The first-order valence-electron chi connectivity index (χ1n) is 12.5. The summed E-state index contributed by atoms with van der Waals surface area (Å²) in [4.78, 5) is 15.7. The third-order valence-corrected chi connectivity index (χ3v) is 9.17. The molecule has 2 atom stereocenters. The molecule has 4 rings (SSSR count). The Balaban J connectivity index is 1.30. The van der Waals surface area contributed by atoms with Crippen LogP contribution in [0.5, 0.6) is 0 Å². The minimum atomic E-state index is -3.51. The van der Waals surface area contributed by atoms with Crippen LogP contribution in [0.3, 0.4) is 0 Å². The first-order valence-corrected chi connectivity index (χ1v) is 13.9. The van der Waals surface area contributed by atoms with E-state index in [1.807, 2.05) is 26.0 Å². The van der Waals surface area contributed by atoms with Gasteiger partial charge in [0.1, 0.15) is 0 Å². The molecule has 2 aliphatic rings. The Kier molecular flexibility index (Phi) is 7.63. The molecule has 0 aliphatic carbocycles. The number of nitrogens with zero attached hydrogens (tertiary/aromatic N) is 2. The number of hydrogen-bond donors (Lipinski definition) is 1. The average Bonchev–Trinajstić information content (AvgIpc) is 2.84. The van der Waals surface area contributed by atoms with Gasteiger partial charge in [0.25, 0.3) is 0 Å². The lowest BCUT2D eigenvalue weighted by Crippen LogP contribution is -2.43. The molecule has 2 saturated heterocycles. The molecule has 6 nitrogen and oxygen atoms in total. The number of benzene rings is 2. The average molecular weight is 484 g/mol. The van der Waals surface area contributed by atoms with E-state index in [0.29, 0.717) is 30.8 Å². The number of sulfonamides is 1. The minimum absolute atomic E-state index is 0.00816. The van der Waals surface area contributed by atoms with Crippen LogP contribution in [0.15, 0.2) is 53.4 Å². The second-order valence-electron chi connectivity index (χ2n) is 10.0. The zero-order valence-corrected chi connectivity index (χ0v) is 21.4. The maximum atomic E-state index is 12.9. The van der Waals surface area contributed by atoms with Gasteiger partial charge in [0.05, 0.1) is 10.9 Å². The molecule has 34 heavy (non-hydrogen) atoms. The van der Waals surface area contributed by atoms with Crippen molar-refractivity contribution < 1.29 is 13.2 Å². The van der Waals surface area contributed by atoms with Gasteiger partial charge in [-0.1, -0.05) is 36.8 Å². The van der Waals surface area contributed by atoms with E-state index in [0.717, 1.165) is 30.1 Å². The quantitative estimate of drug-likeness (QED) is 0.656. The number of aryl methyl sites for hydroxylation is 1. The van der Waals surface area contributed by atoms with Crippen LogP contribution in [0.25, 0.3) is 0 Å². The number of carbonyl (C=O) groups excluding carboxylic acids is 1. The fourth-order valence-corrected chi connectivity index (χ4v) is 6.50. The van der Waals surface area contributed by atoms with Gasteiger partial charge in [0.15, 0.2) is 0 Å². The highest BCUT2D eigenvalue weighted by molar-refractivity contribution is 7.89. The number of anilines is 1. The van der Waals surface area contributed by atoms with Crippen LogP contribution in [0.2, 0.25) is 0 Å². The number of rotatable bonds is 6. The molecule has 184 valence electrons. The molecule has 0 saturated carbocycles. The summed E-state index contributed by atoms with van der Waals surface area (Å²) < 4.78 is 27.3. The van der Waals surface area contributed by atoms with Crippen molar-refractivity contribution >= 4 is 21.6 Å². The molecule has 2 aromatic rings. The van der Waals surface area contributed by atoms with Crippen LogP contribution < -0.4 is 10.2 Å². The summed E-state index contributed by atoms with van der Waals surface area (Å²) in [6.45, 7) is 9.19. The second-order valence-corrected chi connectivity index (χ2v) is 11.9. The number of piperidine rings is 2. The molecule has 0 unspecified atom stereocenters. The lowest BCUT2D eigenvalue weighted by atomic mass is 9.96. The van der Waals surface area contributed by atoms with Crippen molar-refractivity contribution in [1.29, 1.82) is 0 Å². The number of carbonyl (C=O) groups is 1. The third-order valence-electron chi connectivity index (χ3n) is 7.26. The zero-order chi connectivity index (χ0) is 24.3. The smallest absolute Gasteiger partial charge is 0.243 e. The van der Waals surface area contributed by atoms with Gasteiger partial charge in [0, 0.05) is 37.8 Å². The van der Waals surface area contributed by atoms with Gasteiger partial charge in [-0.25, -0.2) is 8.42 Å². The van der Waals surface area contributed by atoms with E-state index >= 15 is 0 Å².